The molecule has 8 heteroatoms. The van der Waals surface area contributed by atoms with Crippen molar-refractivity contribution in [3.05, 3.63) is 97.4 Å². The van der Waals surface area contributed by atoms with Crippen molar-refractivity contribution in [3.63, 3.8) is 0 Å². The predicted octanol–water partition coefficient (Wildman–Crippen LogP) is 6.09. The normalized spacial score (nSPS) is 14.2. The Hall–Kier alpha value is -2.08. The summed E-state index contributed by atoms with van der Waals surface area (Å²) in [5.74, 6) is -0.610. The molecule has 0 saturated heterocycles. The summed E-state index contributed by atoms with van der Waals surface area (Å²) in [5, 5.41) is 1.69. The fraction of sp³-hybridized carbons (Fsp3) is 0.167. The van der Waals surface area contributed by atoms with E-state index in [4.69, 9.17) is 46.4 Å². The van der Waals surface area contributed by atoms with Crippen LogP contribution in [0.2, 0.25) is 20.1 Å². The zero-order valence-electron chi connectivity index (χ0n) is 17.0. The molecule has 0 fully saturated rings. The molecule has 2 N–H and O–H groups in total. The fourth-order valence-corrected chi connectivity index (χ4v) is 4.87. The molecule has 0 spiro atoms. The van der Waals surface area contributed by atoms with Crippen molar-refractivity contribution < 1.29 is 15.1 Å². The highest BCUT2D eigenvalue weighted by molar-refractivity contribution is 6.42. The number of imide groups is 1. The first-order valence-corrected chi connectivity index (χ1v) is 11.1. The molecular formula is C24H19Cl4NO3. The van der Waals surface area contributed by atoms with Gasteiger partial charge in [0.2, 0.25) is 11.8 Å². The van der Waals surface area contributed by atoms with E-state index >= 15 is 0 Å². The van der Waals surface area contributed by atoms with Gasteiger partial charge in [-0.25, -0.2) is 4.90 Å². The minimum absolute atomic E-state index is 0. The van der Waals surface area contributed by atoms with Crippen molar-refractivity contribution >= 4 is 63.9 Å². The van der Waals surface area contributed by atoms with Gasteiger partial charge in [-0.15, -0.1) is 0 Å². The Morgan fingerprint density at radius 1 is 0.812 bits per heavy atom. The third-order valence-corrected chi connectivity index (χ3v) is 7.05. The van der Waals surface area contributed by atoms with Crippen LogP contribution in [0, 0.1) is 0 Å². The number of halogens is 4. The first-order valence-electron chi connectivity index (χ1n) is 9.55. The zero-order valence-corrected chi connectivity index (χ0v) is 20.0. The number of fused-ring (bicyclic) bond motifs is 1. The van der Waals surface area contributed by atoms with Gasteiger partial charge >= 0.3 is 0 Å². The molecule has 0 atom stereocenters. The molecule has 0 radical (unpaired) electrons. The van der Waals surface area contributed by atoms with Crippen molar-refractivity contribution in [1.82, 2.24) is 0 Å². The third kappa shape index (κ3) is 4.26. The SMILES string of the molecule is CC(=O)N1C(=O)C(Cc2ccc(Cl)c(Cl)c2)(Cc2ccc(Cl)c(Cl)c2)c2ccccc21.O. The summed E-state index contributed by atoms with van der Waals surface area (Å²) in [5.41, 5.74) is 2.04. The van der Waals surface area contributed by atoms with Gasteiger partial charge in [0.15, 0.2) is 0 Å². The average Bonchev–Trinajstić information content (AvgIpc) is 2.96. The van der Waals surface area contributed by atoms with Crippen LogP contribution >= 0.6 is 46.4 Å². The summed E-state index contributed by atoms with van der Waals surface area (Å²) in [7, 11) is 0. The Bertz CT molecular complexity index is 1160. The van der Waals surface area contributed by atoms with E-state index in [9.17, 15) is 9.59 Å². The molecule has 3 aromatic rings. The maximum Gasteiger partial charge on any atom is 0.245 e. The van der Waals surface area contributed by atoms with E-state index < -0.39 is 5.41 Å². The summed E-state index contributed by atoms with van der Waals surface area (Å²) >= 11 is 24.7. The fourth-order valence-electron chi connectivity index (χ4n) is 4.22. The average molecular weight is 511 g/mol. The maximum atomic E-state index is 13.8. The number of rotatable bonds is 4. The number of amides is 2. The number of anilines is 1. The molecule has 4 nitrogen and oxygen atoms in total. The van der Waals surface area contributed by atoms with E-state index in [1.807, 2.05) is 30.3 Å². The molecule has 1 aliphatic heterocycles. The Morgan fingerprint density at radius 3 is 1.78 bits per heavy atom. The topological polar surface area (TPSA) is 68.9 Å². The predicted molar refractivity (Wildman–Crippen MR) is 130 cm³/mol. The highest BCUT2D eigenvalue weighted by Gasteiger charge is 2.52. The molecule has 0 aromatic heterocycles. The van der Waals surface area contributed by atoms with Crippen LogP contribution in [-0.2, 0) is 27.8 Å². The Labute approximate surface area is 206 Å². The van der Waals surface area contributed by atoms with Crippen LogP contribution in [0.15, 0.2) is 60.7 Å². The molecule has 1 aliphatic rings. The molecule has 166 valence electrons. The van der Waals surface area contributed by atoms with Crippen LogP contribution in [0.25, 0.3) is 0 Å². The van der Waals surface area contributed by atoms with Gasteiger partial charge in [0, 0.05) is 6.92 Å². The van der Waals surface area contributed by atoms with Crippen LogP contribution in [0.1, 0.15) is 23.6 Å². The first-order chi connectivity index (χ1) is 14.7. The molecule has 0 aliphatic carbocycles. The van der Waals surface area contributed by atoms with Crippen LogP contribution < -0.4 is 4.90 Å². The Morgan fingerprint density at radius 2 is 1.31 bits per heavy atom. The standard InChI is InChI=1S/C24H17Cl4NO2.H2O/c1-14(30)29-22-5-3-2-4-17(22)24(23(29)31,12-15-6-8-18(25)20(27)10-15)13-16-7-9-19(26)21(28)11-16;/h2-11H,12-13H2,1H3;1H2. The van der Waals surface area contributed by atoms with Crippen molar-refractivity contribution in [2.24, 2.45) is 0 Å². The molecule has 2 amide bonds. The van der Waals surface area contributed by atoms with Gasteiger partial charge < -0.3 is 5.48 Å². The molecule has 3 aromatic carbocycles. The smallest absolute Gasteiger partial charge is 0.245 e. The molecule has 0 unspecified atom stereocenters. The lowest BCUT2D eigenvalue weighted by Gasteiger charge is -2.29. The first kappa shape index (κ1) is 24.6. The maximum absolute atomic E-state index is 13.8. The summed E-state index contributed by atoms with van der Waals surface area (Å²) in [6.45, 7) is 1.39. The number of carbonyl (C=O) groups excluding carboxylic acids is 2. The van der Waals surface area contributed by atoms with Gasteiger partial charge in [-0.1, -0.05) is 76.7 Å². The van der Waals surface area contributed by atoms with Gasteiger partial charge in [0.1, 0.15) is 0 Å². The largest absolute Gasteiger partial charge is 0.412 e. The lowest BCUT2D eigenvalue weighted by atomic mass is 9.72. The highest BCUT2D eigenvalue weighted by Crippen LogP contribution is 2.46. The van der Waals surface area contributed by atoms with E-state index in [2.05, 4.69) is 0 Å². The van der Waals surface area contributed by atoms with Gasteiger partial charge in [0.05, 0.1) is 31.2 Å². The van der Waals surface area contributed by atoms with Crippen LogP contribution in [-0.4, -0.2) is 17.3 Å². The van der Waals surface area contributed by atoms with Crippen LogP contribution in [0.5, 0.6) is 0 Å². The lowest BCUT2D eigenvalue weighted by molar-refractivity contribution is -0.128. The zero-order chi connectivity index (χ0) is 22.3. The van der Waals surface area contributed by atoms with Crippen molar-refractivity contribution in [1.29, 1.82) is 0 Å². The van der Waals surface area contributed by atoms with E-state index in [1.54, 1.807) is 30.3 Å². The van der Waals surface area contributed by atoms with Crippen molar-refractivity contribution in [2.75, 3.05) is 4.90 Å². The van der Waals surface area contributed by atoms with Gasteiger partial charge in [-0.2, -0.15) is 0 Å². The van der Waals surface area contributed by atoms with Crippen LogP contribution in [0.3, 0.4) is 0 Å². The van der Waals surface area contributed by atoms with Gasteiger partial charge in [-0.3, -0.25) is 9.59 Å². The third-order valence-electron chi connectivity index (χ3n) is 5.57. The molecule has 4 rings (SSSR count). The second kappa shape index (κ2) is 9.42. The number of benzene rings is 3. The molecule has 32 heavy (non-hydrogen) atoms. The van der Waals surface area contributed by atoms with E-state index in [-0.39, 0.29) is 17.3 Å². The Balaban J connectivity index is 0.00000289. The van der Waals surface area contributed by atoms with Gasteiger partial charge in [0.25, 0.3) is 0 Å². The van der Waals surface area contributed by atoms with E-state index in [0.717, 1.165) is 16.7 Å². The van der Waals surface area contributed by atoms with Crippen LogP contribution in [0.4, 0.5) is 5.69 Å². The van der Waals surface area contributed by atoms with E-state index in [1.165, 1.54) is 11.8 Å². The quantitative estimate of drug-likeness (QED) is 0.426. The van der Waals surface area contributed by atoms with Crippen molar-refractivity contribution in [3.8, 4) is 0 Å². The monoisotopic (exact) mass is 509 g/mol. The molecular weight excluding hydrogens is 492 g/mol. The number of para-hydroxylation sites is 1. The van der Waals surface area contributed by atoms with Crippen molar-refractivity contribution in [2.45, 2.75) is 25.2 Å². The number of nitrogens with zero attached hydrogens (tertiary/aromatic N) is 1. The second-order valence-electron chi connectivity index (χ2n) is 7.61. The summed E-state index contributed by atoms with van der Waals surface area (Å²) in [6.07, 6.45) is 0.674. The lowest BCUT2D eigenvalue weighted by Crippen LogP contribution is -2.45. The number of hydrogen-bond acceptors (Lipinski definition) is 2. The summed E-state index contributed by atoms with van der Waals surface area (Å²) in [6, 6.07) is 18.0. The molecule has 1 heterocycles. The minimum atomic E-state index is -1.02. The Kier molecular flexibility index (Phi) is 7.23. The highest BCUT2D eigenvalue weighted by atomic mass is 35.5. The van der Waals surface area contributed by atoms with E-state index in [0.29, 0.717) is 38.6 Å². The summed E-state index contributed by atoms with van der Waals surface area (Å²) in [4.78, 5) is 27.5. The van der Waals surface area contributed by atoms with Gasteiger partial charge in [-0.05, 0) is 59.9 Å². The second-order valence-corrected chi connectivity index (χ2v) is 9.24. The molecule has 0 saturated carbocycles. The molecule has 0 bridgehead atoms. The number of hydrogen-bond donors (Lipinski definition) is 0. The minimum Gasteiger partial charge on any atom is -0.412 e. The summed E-state index contributed by atoms with van der Waals surface area (Å²) < 4.78 is 0. The number of carbonyl (C=O) groups is 2.